The molecule has 6 heteroatoms. The number of carboxylic acid groups (broad SMARTS) is 1. The second-order valence-electron chi connectivity index (χ2n) is 4.04. The molecule has 0 unspecified atom stereocenters. The number of carbonyl (C=O) groups excluding carboxylic acids is 1. The first-order chi connectivity index (χ1) is 9.08. The van der Waals surface area contributed by atoms with Crippen LogP contribution in [0, 0.1) is 0 Å². The van der Waals surface area contributed by atoms with Crippen molar-refractivity contribution in [1.82, 2.24) is 5.32 Å². The van der Waals surface area contributed by atoms with E-state index in [1.807, 2.05) is 24.4 Å². The highest BCUT2D eigenvalue weighted by Gasteiger charge is 2.18. The summed E-state index contributed by atoms with van der Waals surface area (Å²) in [5, 5.41) is 13.7. The van der Waals surface area contributed by atoms with E-state index >= 15 is 0 Å². The summed E-state index contributed by atoms with van der Waals surface area (Å²) in [4.78, 5) is 23.8. The van der Waals surface area contributed by atoms with E-state index in [4.69, 9.17) is 9.52 Å². The van der Waals surface area contributed by atoms with Crippen LogP contribution in [0.4, 0.5) is 0 Å². The number of rotatable bonds is 5. The van der Waals surface area contributed by atoms with E-state index in [1.54, 1.807) is 11.3 Å². The van der Waals surface area contributed by atoms with Crippen LogP contribution in [0.1, 0.15) is 34.0 Å². The molecule has 5 nitrogen and oxygen atoms in total. The summed E-state index contributed by atoms with van der Waals surface area (Å²) in [7, 11) is 0. The van der Waals surface area contributed by atoms with Gasteiger partial charge in [0.2, 0.25) is 5.91 Å². The van der Waals surface area contributed by atoms with Crippen molar-refractivity contribution in [3.63, 3.8) is 0 Å². The predicted molar refractivity (Wildman–Crippen MR) is 70.2 cm³/mol. The summed E-state index contributed by atoms with van der Waals surface area (Å²) in [6, 6.07) is 5.09. The number of furan rings is 1. The quantitative estimate of drug-likeness (QED) is 0.881. The predicted octanol–water partition coefficient (Wildman–Crippen LogP) is 2.46. The molecule has 2 rings (SSSR count). The Morgan fingerprint density at radius 3 is 2.89 bits per heavy atom. The summed E-state index contributed by atoms with van der Waals surface area (Å²) in [5.74, 6) is -1.19. The molecular weight excluding hydrogens is 266 g/mol. The Kier molecular flexibility index (Phi) is 4.01. The molecule has 2 aromatic heterocycles. The first-order valence-electron chi connectivity index (χ1n) is 5.70. The second-order valence-corrected chi connectivity index (χ2v) is 5.02. The summed E-state index contributed by atoms with van der Waals surface area (Å²) in [6.45, 7) is 1.88. The Bertz CT molecular complexity index is 573. The van der Waals surface area contributed by atoms with E-state index in [0.717, 1.165) is 4.88 Å². The third-order valence-electron chi connectivity index (χ3n) is 2.64. The standard InChI is InChI=1S/C13H13NO4S/c1-8(11-3-2-6-19-11)14-12(15)7-10-9(13(16)17)4-5-18-10/h2-6,8H,7H2,1H3,(H,14,15)(H,16,17)/t8-/m0/s1. The van der Waals surface area contributed by atoms with Gasteiger partial charge in [0.25, 0.3) is 0 Å². The van der Waals surface area contributed by atoms with E-state index < -0.39 is 5.97 Å². The summed E-state index contributed by atoms with van der Waals surface area (Å²) in [6.07, 6.45) is 1.19. The molecule has 0 saturated carbocycles. The molecule has 0 saturated heterocycles. The lowest BCUT2D eigenvalue weighted by Gasteiger charge is -2.11. The van der Waals surface area contributed by atoms with Gasteiger partial charge in [-0.3, -0.25) is 4.79 Å². The molecule has 2 aromatic rings. The molecule has 0 aromatic carbocycles. The minimum Gasteiger partial charge on any atom is -0.478 e. The maximum atomic E-state index is 11.8. The molecule has 0 spiro atoms. The topological polar surface area (TPSA) is 79.5 Å². The normalized spacial score (nSPS) is 12.1. The number of hydrogen-bond donors (Lipinski definition) is 2. The van der Waals surface area contributed by atoms with Crippen molar-refractivity contribution >= 4 is 23.2 Å². The molecule has 1 amide bonds. The van der Waals surface area contributed by atoms with Crippen LogP contribution in [0.25, 0.3) is 0 Å². The van der Waals surface area contributed by atoms with Crippen molar-refractivity contribution in [3.05, 3.63) is 46.0 Å². The highest BCUT2D eigenvalue weighted by molar-refractivity contribution is 7.10. The van der Waals surface area contributed by atoms with Crippen LogP contribution in [0.5, 0.6) is 0 Å². The lowest BCUT2D eigenvalue weighted by Crippen LogP contribution is -2.27. The summed E-state index contributed by atoms with van der Waals surface area (Å²) >= 11 is 1.56. The number of carbonyl (C=O) groups is 2. The van der Waals surface area contributed by atoms with Crippen LogP contribution in [0.2, 0.25) is 0 Å². The van der Waals surface area contributed by atoms with Gasteiger partial charge in [0.1, 0.15) is 11.3 Å². The zero-order chi connectivity index (χ0) is 13.8. The Morgan fingerprint density at radius 2 is 2.26 bits per heavy atom. The minimum absolute atomic E-state index is 0.0268. The maximum Gasteiger partial charge on any atom is 0.339 e. The van der Waals surface area contributed by atoms with Gasteiger partial charge in [0.05, 0.1) is 18.7 Å². The fourth-order valence-corrected chi connectivity index (χ4v) is 2.45. The van der Waals surface area contributed by atoms with Crippen molar-refractivity contribution in [1.29, 1.82) is 0 Å². The zero-order valence-corrected chi connectivity index (χ0v) is 11.1. The van der Waals surface area contributed by atoms with Gasteiger partial charge < -0.3 is 14.8 Å². The largest absolute Gasteiger partial charge is 0.478 e. The van der Waals surface area contributed by atoms with Gasteiger partial charge in [0, 0.05) is 4.88 Å². The SMILES string of the molecule is C[C@H](NC(=O)Cc1occc1C(=O)O)c1cccs1. The Labute approximate surface area is 113 Å². The highest BCUT2D eigenvalue weighted by atomic mass is 32.1. The molecule has 0 aliphatic rings. The molecular formula is C13H13NO4S. The second kappa shape index (κ2) is 5.71. The number of aromatic carboxylic acids is 1. The molecule has 0 aliphatic heterocycles. The fraction of sp³-hybridized carbons (Fsp3) is 0.231. The first-order valence-corrected chi connectivity index (χ1v) is 6.58. The van der Waals surface area contributed by atoms with Gasteiger partial charge in [0.15, 0.2) is 0 Å². The molecule has 2 N–H and O–H groups in total. The van der Waals surface area contributed by atoms with Gasteiger partial charge >= 0.3 is 5.97 Å². The molecule has 19 heavy (non-hydrogen) atoms. The van der Waals surface area contributed by atoms with Crippen LogP contribution >= 0.6 is 11.3 Å². The Morgan fingerprint density at radius 1 is 1.47 bits per heavy atom. The number of thiophene rings is 1. The van der Waals surface area contributed by atoms with Gasteiger partial charge in [-0.05, 0) is 24.4 Å². The smallest absolute Gasteiger partial charge is 0.339 e. The number of hydrogen-bond acceptors (Lipinski definition) is 4. The van der Waals surface area contributed by atoms with E-state index in [2.05, 4.69) is 5.32 Å². The number of amides is 1. The van der Waals surface area contributed by atoms with Crippen molar-refractivity contribution in [2.75, 3.05) is 0 Å². The van der Waals surface area contributed by atoms with Gasteiger partial charge in [-0.1, -0.05) is 6.07 Å². The van der Waals surface area contributed by atoms with Crippen molar-refractivity contribution in [2.24, 2.45) is 0 Å². The minimum atomic E-state index is -1.09. The van der Waals surface area contributed by atoms with Gasteiger partial charge in [-0.15, -0.1) is 11.3 Å². The van der Waals surface area contributed by atoms with Crippen molar-refractivity contribution < 1.29 is 19.1 Å². The van der Waals surface area contributed by atoms with Crippen LogP contribution in [0.15, 0.2) is 34.3 Å². The molecule has 0 fully saturated rings. The molecule has 1 atom stereocenters. The third kappa shape index (κ3) is 3.23. The van der Waals surface area contributed by atoms with E-state index in [-0.39, 0.29) is 29.7 Å². The lowest BCUT2D eigenvalue weighted by atomic mass is 10.2. The van der Waals surface area contributed by atoms with Crippen molar-refractivity contribution in [2.45, 2.75) is 19.4 Å². The lowest BCUT2D eigenvalue weighted by molar-refractivity contribution is -0.121. The van der Waals surface area contributed by atoms with Crippen LogP contribution in [-0.2, 0) is 11.2 Å². The fourth-order valence-electron chi connectivity index (χ4n) is 1.72. The summed E-state index contributed by atoms with van der Waals surface area (Å²) in [5.41, 5.74) is 0.0268. The average Bonchev–Trinajstić information content (AvgIpc) is 2.98. The number of nitrogens with one attached hydrogen (secondary N) is 1. The average molecular weight is 279 g/mol. The van der Waals surface area contributed by atoms with Crippen LogP contribution in [-0.4, -0.2) is 17.0 Å². The van der Waals surface area contributed by atoms with E-state index in [0.29, 0.717) is 0 Å². The Balaban J connectivity index is 1.98. The van der Waals surface area contributed by atoms with E-state index in [9.17, 15) is 9.59 Å². The molecule has 0 aliphatic carbocycles. The Hall–Kier alpha value is -2.08. The number of carboxylic acids is 1. The maximum absolute atomic E-state index is 11.8. The van der Waals surface area contributed by atoms with Crippen molar-refractivity contribution in [3.8, 4) is 0 Å². The monoisotopic (exact) mass is 279 g/mol. The first kappa shape index (κ1) is 13.4. The summed E-state index contributed by atoms with van der Waals surface area (Å²) < 4.78 is 5.03. The molecule has 0 radical (unpaired) electrons. The zero-order valence-electron chi connectivity index (χ0n) is 10.3. The molecule has 0 bridgehead atoms. The van der Waals surface area contributed by atoms with E-state index in [1.165, 1.54) is 12.3 Å². The molecule has 2 heterocycles. The van der Waals surface area contributed by atoms with Gasteiger partial charge in [-0.2, -0.15) is 0 Å². The third-order valence-corrected chi connectivity index (χ3v) is 3.70. The van der Waals surface area contributed by atoms with Crippen LogP contribution < -0.4 is 5.32 Å². The van der Waals surface area contributed by atoms with Gasteiger partial charge in [-0.25, -0.2) is 4.79 Å². The highest BCUT2D eigenvalue weighted by Crippen LogP contribution is 2.18. The molecule has 100 valence electrons. The van der Waals surface area contributed by atoms with Crippen LogP contribution in [0.3, 0.4) is 0 Å².